The smallest absolute Gasteiger partial charge is 1.00 e. The SMILES string of the molecule is [Cl-].[Zr+2].[c-]1cc(C2C=Cc3ccccc32)c(C2C=Cc3ccccc32)c2c1CC2. The second kappa shape index (κ2) is 7.62. The molecule has 0 nitrogen and oxygen atoms in total. The number of fused-ring (bicyclic) bond motifs is 3. The summed E-state index contributed by atoms with van der Waals surface area (Å²) in [5, 5.41) is 0. The third-order valence-electron chi connectivity index (χ3n) is 6.27. The molecular weight excluding hydrogens is 439 g/mol. The zero-order valence-corrected chi connectivity index (χ0v) is 18.7. The second-order valence-corrected chi connectivity index (χ2v) is 7.55. The molecule has 0 fully saturated rings. The van der Waals surface area contributed by atoms with Crippen LogP contribution >= 0.6 is 0 Å². The molecule has 0 N–H and O–H groups in total. The topological polar surface area (TPSA) is 0 Å². The Morgan fingerprint density at radius 3 is 1.96 bits per heavy atom. The number of rotatable bonds is 2. The van der Waals surface area contributed by atoms with Gasteiger partial charge < -0.3 is 12.4 Å². The summed E-state index contributed by atoms with van der Waals surface area (Å²) in [7, 11) is 0. The molecule has 3 aromatic carbocycles. The van der Waals surface area contributed by atoms with E-state index < -0.39 is 0 Å². The number of hydrogen-bond acceptors (Lipinski definition) is 0. The number of halogens is 1. The molecule has 28 heavy (non-hydrogen) atoms. The first kappa shape index (κ1) is 19.6. The van der Waals surface area contributed by atoms with Gasteiger partial charge in [0.15, 0.2) is 0 Å². The Hall–Kier alpha value is -1.69. The van der Waals surface area contributed by atoms with E-state index in [4.69, 9.17) is 0 Å². The van der Waals surface area contributed by atoms with E-state index in [9.17, 15) is 0 Å². The molecule has 0 aliphatic heterocycles. The molecular formula is C26H19ClZr. The number of benzene rings is 3. The van der Waals surface area contributed by atoms with Crippen molar-refractivity contribution >= 4 is 12.2 Å². The summed E-state index contributed by atoms with van der Waals surface area (Å²) in [6.45, 7) is 0. The molecule has 3 aliphatic rings. The number of allylic oxidation sites excluding steroid dienone is 2. The van der Waals surface area contributed by atoms with Crippen molar-refractivity contribution in [3.63, 3.8) is 0 Å². The maximum atomic E-state index is 3.59. The Morgan fingerprint density at radius 1 is 0.714 bits per heavy atom. The maximum Gasteiger partial charge on any atom is 2.00 e. The predicted octanol–water partition coefficient (Wildman–Crippen LogP) is 2.90. The summed E-state index contributed by atoms with van der Waals surface area (Å²) < 4.78 is 0. The van der Waals surface area contributed by atoms with Gasteiger partial charge in [0.1, 0.15) is 0 Å². The van der Waals surface area contributed by atoms with Crippen LogP contribution < -0.4 is 12.4 Å². The van der Waals surface area contributed by atoms with E-state index >= 15 is 0 Å². The molecule has 0 bridgehead atoms. The molecule has 2 atom stereocenters. The van der Waals surface area contributed by atoms with Crippen molar-refractivity contribution in [2.24, 2.45) is 0 Å². The minimum Gasteiger partial charge on any atom is -1.00 e. The Balaban J connectivity index is 0.000000961. The van der Waals surface area contributed by atoms with E-state index in [1.807, 2.05) is 0 Å². The standard InChI is InChI=1S/C26H19.ClH.Zr/c1-3-7-20-17(5-1)10-14-23(20)25-16-12-19-9-13-22(19)26(25)24-15-11-18-6-2-4-8-21(18)24;;/h1-8,10-11,14-16,23-24H,9,13H2;1H;/q-1;;+2/p-1. The first-order valence-corrected chi connectivity index (χ1v) is 9.50. The predicted molar refractivity (Wildman–Crippen MR) is 107 cm³/mol. The normalized spacial score (nSPS) is 19.7. The van der Waals surface area contributed by atoms with Crippen molar-refractivity contribution in [3.05, 3.63) is 117 Å². The minimum atomic E-state index is 0. The van der Waals surface area contributed by atoms with Gasteiger partial charge >= 0.3 is 26.2 Å². The van der Waals surface area contributed by atoms with Crippen LogP contribution in [-0.2, 0) is 39.0 Å². The summed E-state index contributed by atoms with van der Waals surface area (Å²) in [6.07, 6.45) is 11.7. The summed E-state index contributed by atoms with van der Waals surface area (Å²) in [5.41, 5.74) is 11.6. The number of hydrogen-bond donors (Lipinski definition) is 0. The molecule has 2 unspecified atom stereocenters. The Morgan fingerprint density at radius 2 is 1.32 bits per heavy atom. The van der Waals surface area contributed by atoms with E-state index in [1.165, 1.54) is 51.8 Å². The average molecular weight is 458 g/mol. The molecule has 0 amide bonds. The first-order valence-electron chi connectivity index (χ1n) is 9.50. The van der Waals surface area contributed by atoms with E-state index in [1.54, 1.807) is 5.56 Å². The van der Waals surface area contributed by atoms with Gasteiger partial charge in [0.05, 0.1) is 0 Å². The average Bonchev–Trinajstić information content (AvgIpc) is 3.26. The molecule has 0 radical (unpaired) electrons. The van der Waals surface area contributed by atoms with Crippen molar-refractivity contribution in [1.82, 2.24) is 0 Å². The maximum absolute atomic E-state index is 3.59. The zero-order chi connectivity index (χ0) is 17.1. The van der Waals surface area contributed by atoms with Gasteiger partial charge in [0.25, 0.3) is 0 Å². The van der Waals surface area contributed by atoms with Crippen LogP contribution in [0.2, 0.25) is 0 Å². The van der Waals surface area contributed by atoms with Crippen molar-refractivity contribution in [2.75, 3.05) is 0 Å². The van der Waals surface area contributed by atoms with Gasteiger partial charge in [-0.2, -0.15) is 17.7 Å². The monoisotopic (exact) mass is 456 g/mol. The van der Waals surface area contributed by atoms with E-state index in [0.717, 1.165) is 0 Å². The quantitative estimate of drug-likeness (QED) is 0.519. The number of aryl methyl sites for hydroxylation is 1. The van der Waals surface area contributed by atoms with Crippen molar-refractivity contribution in [1.29, 1.82) is 0 Å². The van der Waals surface area contributed by atoms with E-state index in [-0.39, 0.29) is 38.6 Å². The minimum absolute atomic E-state index is 0. The molecule has 0 heterocycles. The van der Waals surface area contributed by atoms with Crippen LogP contribution in [0.15, 0.2) is 66.7 Å². The van der Waals surface area contributed by atoms with Crippen LogP contribution in [0.1, 0.15) is 56.3 Å². The van der Waals surface area contributed by atoms with Gasteiger partial charge in [-0.15, -0.1) is 16.7 Å². The molecule has 0 spiro atoms. The molecule has 0 saturated carbocycles. The molecule has 3 aromatic rings. The van der Waals surface area contributed by atoms with Gasteiger partial charge in [0.2, 0.25) is 0 Å². The van der Waals surface area contributed by atoms with Gasteiger partial charge in [0, 0.05) is 5.92 Å². The van der Waals surface area contributed by atoms with E-state index in [2.05, 4.69) is 85.0 Å². The third kappa shape index (κ3) is 2.83. The van der Waals surface area contributed by atoms with Gasteiger partial charge in [-0.3, -0.25) is 0 Å². The van der Waals surface area contributed by atoms with Gasteiger partial charge in [-0.05, 0) is 28.2 Å². The van der Waals surface area contributed by atoms with Crippen LogP contribution in [-0.4, -0.2) is 0 Å². The molecule has 2 heteroatoms. The Bertz CT molecular complexity index is 1110. The van der Waals surface area contributed by atoms with Crippen molar-refractivity contribution < 1.29 is 38.6 Å². The van der Waals surface area contributed by atoms with Crippen LogP contribution in [0.3, 0.4) is 0 Å². The molecule has 134 valence electrons. The first-order chi connectivity index (χ1) is 12.9. The molecule has 3 aliphatic carbocycles. The Labute approximate surface area is 191 Å². The summed E-state index contributed by atoms with van der Waals surface area (Å²) in [5.74, 6) is 0.732. The van der Waals surface area contributed by atoms with Gasteiger partial charge in [-0.25, -0.2) is 0 Å². The fourth-order valence-corrected chi connectivity index (χ4v) is 4.89. The third-order valence-corrected chi connectivity index (χ3v) is 6.27. The molecule has 0 saturated heterocycles. The molecule has 0 aromatic heterocycles. The van der Waals surface area contributed by atoms with Crippen LogP contribution in [0.25, 0.3) is 12.2 Å². The summed E-state index contributed by atoms with van der Waals surface area (Å²) in [4.78, 5) is 0. The van der Waals surface area contributed by atoms with Crippen LogP contribution in [0.5, 0.6) is 0 Å². The van der Waals surface area contributed by atoms with Crippen LogP contribution in [0, 0.1) is 6.07 Å². The van der Waals surface area contributed by atoms with E-state index in [0.29, 0.717) is 11.8 Å². The Kier molecular flexibility index (Phi) is 5.34. The zero-order valence-electron chi connectivity index (χ0n) is 15.5. The van der Waals surface area contributed by atoms with Gasteiger partial charge in [-0.1, -0.05) is 85.7 Å². The fraction of sp³-hybridized carbons (Fsp3) is 0.154. The van der Waals surface area contributed by atoms with Crippen molar-refractivity contribution in [3.8, 4) is 0 Å². The fourth-order valence-electron chi connectivity index (χ4n) is 4.89. The van der Waals surface area contributed by atoms with Crippen LogP contribution in [0.4, 0.5) is 0 Å². The largest absolute Gasteiger partial charge is 2.00 e. The van der Waals surface area contributed by atoms with Crippen molar-refractivity contribution in [2.45, 2.75) is 24.7 Å². The summed E-state index contributed by atoms with van der Waals surface area (Å²) >= 11 is 0. The summed E-state index contributed by atoms with van der Waals surface area (Å²) in [6, 6.07) is 23.5. The second-order valence-electron chi connectivity index (χ2n) is 7.55. The molecule has 6 rings (SSSR count).